The van der Waals surface area contributed by atoms with Crippen LogP contribution in [-0.2, 0) is 5.41 Å². The van der Waals surface area contributed by atoms with Gasteiger partial charge in [-0.05, 0) is 17.7 Å². The van der Waals surface area contributed by atoms with Crippen molar-refractivity contribution in [1.29, 1.82) is 0 Å². The van der Waals surface area contributed by atoms with E-state index in [1.54, 1.807) is 18.2 Å². The Morgan fingerprint density at radius 3 is 2.40 bits per heavy atom. The Hall–Kier alpha value is -2.95. The summed E-state index contributed by atoms with van der Waals surface area (Å²) in [6.07, 6.45) is 1.14. The van der Waals surface area contributed by atoms with E-state index in [2.05, 4.69) is 6.58 Å². The van der Waals surface area contributed by atoms with Gasteiger partial charge >= 0.3 is 0 Å². The molecule has 0 unspecified atom stereocenters. The zero-order valence-corrected chi connectivity index (χ0v) is 14.1. The van der Waals surface area contributed by atoms with Gasteiger partial charge in [-0.1, -0.05) is 32.1 Å². The van der Waals surface area contributed by atoms with Crippen LogP contribution in [0.4, 0.5) is 0 Å². The number of carbonyl (C=O) groups excluding carboxylic acids is 1. The lowest BCUT2D eigenvalue weighted by Crippen LogP contribution is -2.25. The van der Waals surface area contributed by atoms with E-state index < -0.39 is 11.5 Å². The molecule has 0 fully saturated rings. The van der Waals surface area contributed by atoms with Gasteiger partial charge in [-0.15, -0.1) is 6.58 Å². The summed E-state index contributed by atoms with van der Waals surface area (Å²) in [4.78, 5) is 12.6. The van der Waals surface area contributed by atoms with Gasteiger partial charge in [0, 0.05) is 17.0 Å². The number of benzene rings is 2. The zero-order chi connectivity index (χ0) is 18.4. The number of allylic oxidation sites excluding steroid dienone is 1. The first-order valence-corrected chi connectivity index (χ1v) is 7.96. The molecule has 0 spiro atoms. The Morgan fingerprint density at radius 2 is 1.80 bits per heavy atom. The molecule has 0 aromatic heterocycles. The molecule has 1 aliphatic rings. The summed E-state index contributed by atoms with van der Waals surface area (Å²) in [5.74, 6) is -0.421. The fraction of sp³-hybridized carbons (Fsp3) is 0.250. The second kappa shape index (κ2) is 5.84. The van der Waals surface area contributed by atoms with Crippen molar-refractivity contribution in [3.8, 4) is 23.0 Å². The van der Waals surface area contributed by atoms with Crippen LogP contribution in [-0.4, -0.2) is 21.1 Å². The molecule has 0 aliphatic carbocycles. The van der Waals surface area contributed by atoms with Gasteiger partial charge in [0.15, 0.2) is 5.78 Å². The van der Waals surface area contributed by atoms with Crippen molar-refractivity contribution in [2.75, 3.05) is 0 Å². The van der Waals surface area contributed by atoms with Crippen LogP contribution >= 0.6 is 0 Å². The highest BCUT2D eigenvalue weighted by Gasteiger charge is 2.37. The lowest BCUT2D eigenvalue weighted by molar-refractivity contribution is 0.0840. The number of hydrogen-bond donors (Lipinski definition) is 3. The minimum absolute atomic E-state index is 0.0596. The molecule has 3 N–H and O–H groups in total. The number of fused-ring (bicyclic) bond motifs is 1. The third-order valence-electron chi connectivity index (χ3n) is 4.57. The van der Waals surface area contributed by atoms with Crippen LogP contribution in [0.5, 0.6) is 23.0 Å². The van der Waals surface area contributed by atoms with Crippen molar-refractivity contribution >= 4 is 5.78 Å². The van der Waals surface area contributed by atoms with Gasteiger partial charge in [0.2, 0.25) is 0 Å². The number of ketones is 1. The molecule has 0 saturated heterocycles. The molecular weight excluding hydrogens is 320 g/mol. The van der Waals surface area contributed by atoms with E-state index in [-0.39, 0.29) is 40.8 Å². The summed E-state index contributed by atoms with van der Waals surface area (Å²) in [6, 6.07) is 7.57. The Labute approximate surface area is 145 Å². The van der Waals surface area contributed by atoms with E-state index in [0.29, 0.717) is 5.56 Å². The number of phenolic OH excluding ortho intramolecular Hbond substituents is 3. The minimum Gasteiger partial charge on any atom is -0.508 e. The average Bonchev–Trinajstić information content (AvgIpc) is 2.54. The molecule has 1 atom stereocenters. The Kier molecular flexibility index (Phi) is 3.95. The predicted molar refractivity (Wildman–Crippen MR) is 93.4 cm³/mol. The predicted octanol–water partition coefficient (Wildman–Crippen LogP) is 3.97. The van der Waals surface area contributed by atoms with E-state index in [1.807, 2.05) is 13.8 Å². The van der Waals surface area contributed by atoms with E-state index in [4.69, 9.17) is 4.74 Å². The monoisotopic (exact) mass is 340 g/mol. The summed E-state index contributed by atoms with van der Waals surface area (Å²) < 4.78 is 6.04. The van der Waals surface area contributed by atoms with Crippen molar-refractivity contribution in [3.63, 3.8) is 0 Å². The lowest BCUT2D eigenvalue weighted by Gasteiger charge is -2.32. The number of aromatic hydroxyl groups is 3. The van der Waals surface area contributed by atoms with Gasteiger partial charge in [0.05, 0.1) is 6.42 Å². The van der Waals surface area contributed by atoms with Crippen LogP contribution in [0.25, 0.3) is 0 Å². The van der Waals surface area contributed by atoms with Crippen molar-refractivity contribution in [2.24, 2.45) is 0 Å². The first kappa shape index (κ1) is 16.9. The third kappa shape index (κ3) is 2.82. The molecule has 1 aliphatic heterocycles. The largest absolute Gasteiger partial charge is 0.508 e. The minimum atomic E-state index is -0.668. The number of carbonyl (C=O) groups is 1. The van der Waals surface area contributed by atoms with Crippen molar-refractivity contribution < 1.29 is 24.9 Å². The van der Waals surface area contributed by atoms with Crippen LogP contribution in [0.3, 0.4) is 0 Å². The second-order valence-corrected chi connectivity index (χ2v) is 6.75. The molecule has 25 heavy (non-hydrogen) atoms. The van der Waals surface area contributed by atoms with Crippen molar-refractivity contribution in [1.82, 2.24) is 0 Å². The number of rotatable bonds is 3. The standard InChI is InChI=1S/C20H20O5/c1-4-20(2,3)18-15(24)9-13(22)17-14(23)10-16(25-19(17)18)11-5-7-12(21)8-6-11/h4-9,16,21-22,24H,1,10H2,2-3H3/t16-/m0/s1. The maximum Gasteiger partial charge on any atom is 0.174 e. The summed E-state index contributed by atoms with van der Waals surface area (Å²) in [5, 5.41) is 29.9. The summed E-state index contributed by atoms with van der Waals surface area (Å²) >= 11 is 0. The summed E-state index contributed by atoms with van der Waals surface area (Å²) in [6.45, 7) is 7.46. The molecule has 3 rings (SSSR count). The molecule has 0 amide bonds. The molecule has 0 radical (unpaired) electrons. The van der Waals surface area contributed by atoms with Gasteiger partial charge in [-0.2, -0.15) is 0 Å². The molecule has 130 valence electrons. The van der Waals surface area contributed by atoms with Gasteiger partial charge < -0.3 is 20.1 Å². The van der Waals surface area contributed by atoms with Gasteiger partial charge in [-0.25, -0.2) is 0 Å². The van der Waals surface area contributed by atoms with Crippen molar-refractivity contribution in [2.45, 2.75) is 31.8 Å². The van der Waals surface area contributed by atoms with Crippen LogP contribution in [0, 0.1) is 0 Å². The van der Waals surface area contributed by atoms with Crippen LogP contribution in [0.2, 0.25) is 0 Å². The smallest absolute Gasteiger partial charge is 0.174 e. The molecule has 2 aromatic carbocycles. The van der Waals surface area contributed by atoms with E-state index in [0.717, 1.165) is 5.56 Å². The van der Waals surface area contributed by atoms with Crippen LogP contribution < -0.4 is 4.74 Å². The van der Waals surface area contributed by atoms with Gasteiger partial charge in [0.25, 0.3) is 0 Å². The molecular formula is C20H20O5. The number of Topliss-reactive ketones (excluding diaryl/α,β-unsaturated/α-hetero) is 1. The van der Waals surface area contributed by atoms with Crippen molar-refractivity contribution in [3.05, 3.63) is 59.7 Å². The average molecular weight is 340 g/mol. The Morgan fingerprint density at radius 1 is 1.16 bits per heavy atom. The maximum atomic E-state index is 12.6. The number of phenols is 3. The fourth-order valence-corrected chi connectivity index (χ4v) is 3.07. The van der Waals surface area contributed by atoms with Crippen LogP contribution in [0.1, 0.15) is 47.9 Å². The first-order chi connectivity index (χ1) is 11.7. The highest BCUT2D eigenvalue weighted by atomic mass is 16.5. The summed E-state index contributed by atoms with van der Waals surface area (Å²) in [7, 11) is 0. The quantitative estimate of drug-likeness (QED) is 0.736. The highest BCUT2D eigenvalue weighted by Crippen LogP contribution is 2.49. The topological polar surface area (TPSA) is 87.0 Å². The number of ether oxygens (including phenoxy) is 1. The third-order valence-corrected chi connectivity index (χ3v) is 4.57. The van der Waals surface area contributed by atoms with Gasteiger partial charge in [-0.3, -0.25) is 4.79 Å². The van der Waals surface area contributed by atoms with E-state index in [1.165, 1.54) is 18.2 Å². The summed E-state index contributed by atoms with van der Waals surface area (Å²) in [5.41, 5.74) is 0.547. The molecule has 2 aromatic rings. The first-order valence-electron chi connectivity index (χ1n) is 7.96. The molecule has 0 bridgehead atoms. The molecule has 5 nitrogen and oxygen atoms in total. The maximum absolute atomic E-state index is 12.6. The second-order valence-electron chi connectivity index (χ2n) is 6.75. The SMILES string of the molecule is C=CC(C)(C)c1c(O)cc(O)c2c1O[C@H](c1ccc(O)cc1)CC2=O. The molecule has 0 saturated carbocycles. The normalized spacial score (nSPS) is 16.9. The molecule has 1 heterocycles. The zero-order valence-electron chi connectivity index (χ0n) is 14.1. The van der Waals surface area contributed by atoms with E-state index in [9.17, 15) is 20.1 Å². The fourth-order valence-electron chi connectivity index (χ4n) is 3.07. The van der Waals surface area contributed by atoms with Crippen LogP contribution in [0.15, 0.2) is 43.0 Å². The van der Waals surface area contributed by atoms with E-state index >= 15 is 0 Å². The van der Waals surface area contributed by atoms with Gasteiger partial charge in [0.1, 0.15) is 34.7 Å². The lowest BCUT2D eigenvalue weighted by atomic mass is 9.80. The highest BCUT2D eigenvalue weighted by molar-refractivity contribution is 6.03. The number of hydrogen-bond acceptors (Lipinski definition) is 5. The molecule has 5 heteroatoms. The Balaban J connectivity index is 2.17. The Bertz CT molecular complexity index is 849.